The number of imide groups is 1. The van der Waals surface area contributed by atoms with Gasteiger partial charge in [-0.3, -0.25) is 10.1 Å². The standard InChI is InChI=1S/C11H20N2O2/c1-3-5-7-9(6-4-2)13-8-10(14)12-11(13)15/h9H,3-8H2,1-2H3,(H,12,14,15). The lowest BCUT2D eigenvalue weighted by Crippen LogP contribution is -2.37. The first-order chi connectivity index (χ1) is 7.19. The van der Waals surface area contributed by atoms with E-state index in [0.717, 1.165) is 32.1 Å². The van der Waals surface area contributed by atoms with Crippen LogP contribution in [0.25, 0.3) is 0 Å². The second kappa shape index (κ2) is 5.73. The normalized spacial score (nSPS) is 18.1. The molecule has 0 saturated carbocycles. The third kappa shape index (κ3) is 3.22. The Labute approximate surface area is 91.0 Å². The van der Waals surface area contributed by atoms with Crippen molar-refractivity contribution in [1.29, 1.82) is 0 Å². The Hall–Kier alpha value is -1.06. The van der Waals surface area contributed by atoms with E-state index in [1.54, 1.807) is 4.90 Å². The van der Waals surface area contributed by atoms with Gasteiger partial charge in [-0.2, -0.15) is 0 Å². The fraction of sp³-hybridized carbons (Fsp3) is 0.818. The molecule has 0 spiro atoms. The molecule has 1 aliphatic rings. The van der Waals surface area contributed by atoms with E-state index in [0.29, 0.717) is 0 Å². The van der Waals surface area contributed by atoms with Crippen molar-refractivity contribution in [2.45, 2.75) is 52.0 Å². The maximum absolute atomic E-state index is 11.5. The third-order valence-corrected chi connectivity index (χ3v) is 2.77. The molecule has 1 N–H and O–H groups in total. The van der Waals surface area contributed by atoms with Crippen LogP contribution in [0.1, 0.15) is 46.0 Å². The highest BCUT2D eigenvalue weighted by atomic mass is 16.2. The van der Waals surface area contributed by atoms with Gasteiger partial charge in [0.2, 0.25) is 5.91 Å². The van der Waals surface area contributed by atoms with Gasteiger partial charge in [0.1, 0.15) is 6.54 Å². The van der Waals surface area contributed by atoms with Gasteiger partial charge >= 0.3 is 6.03 Å². The number of hydrogen-bond donors (Lipinski definition) is 1. The highest BCUT2D eigenvalue weighted by molar-refractivity contribution is 6.02. The van der Waals surface area contributed by atoms with Crippen molar-refractivity contribution in [3.63, 3.8) is 0 Å². The summed E-state index contributed by atoms with van der Waals surface area (Å²) < 4.78 is 0. The van der Waals surface area contributed by atoms with Gasteiger partial charge in [-0.15, -0.1) is 0 Å². The predicted octanol–water partition coefficient (Wildman–Crippen LogP) is 1.90. The first-order valence-corrected chi connectivity index (χ1v) is 5.79. The SMILES string of the molecule is CCCCC(CCC)N1CC(=O)NC1=O. The zero-order chi connectivity index (χ0) is 11.3. The predicted molar refractivity (Wildman–Crippen MR) is 58.5 cm³/mol. The minimum absolute atomic E-state index is 0.169. The molecule has 0 radical (unpaired) electrons. The van der Waals surface area contributed by atoms with Crippen LogP contribution in [0, 0.1) is 0 Å². The van der Waals surface area contributed by atoms with E-state index in [1.165, 1.54) is 0 Å². The molecule has 0 aromatic carbocycles. The summed E-state index contributed by atoms with van der Waals surface area (Å²) in [4.78, 5) is 24.2. The maximum atomic E-state index is 11.5. The van der Waals surface area contributed by atoms with Crippen LogP contribution < -0.4 is 5.32 Å². The molecule has 3 amide bonds. The number of hydrogen-bond acceptors (Lipinski definition) is 2. The number of nitrogens with one attached hydrogen (secondary N) is 1. The monoisotopic (exact) mass is 212 g/mol. The van der Waals surface area contributed by atoms with Crippen molar-refractivity contribution >= 4 is 11.9 Å². The Morgan fingerprint density at radius 2 is 2.00 bits per heavy atom. The van der Waals surface area contributed by atoms with Gasteiger partial charge in [0, 0.05) is 6.04 Å². The third-order valence-electron chi connectivity index (χ3n) is 2.77. The molecule has 1 rings (SSSR count). The van der Waals surface area contributed by atoms with E-state index in [4.69, 9.17) is 0 Å². The Kier molecular flexibility index (Phi) is 4.59. The molecular weight excluding hydrogens is 192 g/mol. The second-order valence-electron chi connectivity index (χ2n) is 4.07. The summed E-state index contributed by atoms with van der Waals surface area (Å²) in [5.41, 5.74) is 0. The van der Waals surface area contributed by atoms with Crippen LogP contribution in [-0.4, -0.2) is 29.4 Å². The fourth-order valence-corrected chi connectivity index (χ4v) is 1.98. The molecule has 1 aliphatic heterocycles. The van der Waals surface area contributed by atoms with Crippen molar-refractivity contribution in [1.82, 2.24) is 10.2 Å². The van der Waals surface area contributed by atoms with Gasteiger partial charge < -0.3 is 4.90 Å². The number of unbranched alkanes of at least 4 members (excludes halogenated alkanes) is 1. The number of amides is 3. The van der Waals surface area contributed by atoms with Crippen LogP contribution in [0.15, 0.2) is 0 Å². The molecule has 86 valence electrons. The Bertz CT molecular complexity index is 241. The van der Waals surface area contributed by atoms with Crippen LogP contribution in [0.5, 0.6) is 0 Å². The number of carbonyl (C=O) groups is 2. The van der Waals surface area contributed by atoms with Crippen LogP contribution in [-0.2, 0) is 4.79 Å². The maximum Gasteiger partial charge on any atom is 0.324 e. The minimum atomic E-state index is -0.213. The molecule has 1 heterocycles. The summed E-state index contributed by atoms with van der Waals surface area (Å²) in [5, 5.41) is 2.33. The van der Waals surface area contributed by atoms with E-state index in [2.05, 4.69) is 19.2 Å². The Balaban J connectivity index is 2.54. The summed E-state index contributed by atoms with van der Waals surface area (Å²) in [7, 11) is 0. The van der Waals surface area contributed by atoms with Gasteiger partial charge in [-0.05, 0) is 12.8 Å². The Morgan fingerprint density at radius 1 is 1.27 bits per heavy atom. The molecular formula is C11H20N2O2. The number of nitrogens with zero attached hydrogens (tertiary/aromatic N) is 1. The molecule has 0 bridgehead atoms. The van der Waals surface area contributed by atoms with Crippen LogP contribution in [0.4, 0.5) is 4.79 Å². The lowest BCUT2D eigenvalue weighted by atomic mass is 10.0. The molecule has 1 unspecified atom stereocenters. The number of carbonyl (C=O) groups excluding carboxylic acids is 2. The molecule has 1 saturated heterocycles. The zero-order valence-electron chi connectivity index (χ0n) is 9.58. The van der Waals surface area contributed by atoms with Crippen LogP contribution >= 0.6 is 0 Å². The van der Waals surface area contributed by atoms with Crippen molar-refractivity contribution < 1.29 is 9.59 Å². The van der Waals surface area contributed by atoms with Gasteiger partial charge in [0.25, 0.3) is 0 Å². The summed E-state index contributed by atoms with van der Waals surface area (Å²) in [6.45, 7) is 4.49. The summed E-state index contributed by atoms with van der Waals surface area (Å²) in [5.74, 6) is -0.169. The van der Waals surface area contributed by atoms with Crippen molar-refractivity contribution in [3.8, 4) is 0 Å². The molecule has 4 nitrogen and oxygen atoms in total. The molecule has 1 fully saturated rings. The highest BCUT2D eigenvalue weighted by Gasteiger charge is 2.31. The lowest BCUT2D eigenvalue weighted by molar-refractivity contribution is -0.118. The summed E-state index contributed by atoms with van der Waals surface area (Å²) in [6, 6.07) is 0.0240. The van der Waals surface area contributed by atoms with Gasteiger partial charge in [0.05, 0.1) is 0 Å². The van der Waals surface area contributed by atoms with Gasteiger partial charge in [-0.25, -0.2) is 4.79 Å². The van der Waals surface area contributed by atoms with Crippen LogP contribution in [0.3, 0.4) is 0 Å². The van der Waals surface area contributed by atoms with E-state index < -0.39 is 0 Å². The van der Waals surface area contributed by atoms with Gasteiger partial charge in [-0.1, -0.05) is 33.1 Å². The number of urea groups is 1. The smallest absolute Gasteiger partial charge is 0.312 e. The minimum Gasteiger partial charge on any atom is -0.312 e. The quantitative estimate of drug-likeness (QED) is 0.683. The number of rotatable bonds is 6. The van der Waals surface area contributed by atoms with Crippen LogP contribution in [0.2, 0.25) is 0 Å². The van der Waals surface area contributed by atoms with E-state index >= 15 is 0 Å². The summed E-state index contributed by atoms with van der Waals surface area (Å²) >= 11 is 0. The van der Waals surface area contributed by atoms with E-state index in [9.17, 15) is 9.59 Å². The average Bonchev–Trinajstić information content (AvgIpc) is 2.52. The zero-order valence-corrected chi connectivity index (χ0v) is 9.58. The molecule has 4 heteroatoms. The summed E-state index contributed by atoms with van der Waals surface area (Å²) in [6.07, 6.45) is 5.28. The molecule has 0 aliphatic carbocycles. The average molecular weight is 212 g/mol. The van der Waals surface area contributed by atoms with E-state index in [1.807, 2.05) is 0 Å². The van der Waals surface area contributed by atoms with Crippen molar-refractivity contribution in [2.75, 3.05) is 6.54 Å². The fourth-order valence-electron chi connectivity index (χ4n) is 1.98. The highest BCUT2D eigenvalue weighted by Crippen LogP contribution is 2.16. The van der Waals surface area contributed by atoms with Gasteiger partial charge in [0.15, 0.2) is 0 Å². The lowest BCUT2D eigenvalue weighted by Gasteiger charge is -2.25. The first kappa shape index (κ1) is 12.0. The van der Waals surface area contributed by atoms with Crippen molar-refractivity contribution in [3.05, 3.63) is 0 Å². The molecule has 0 aromatic rings. The molecule has 1 atom stereocenters. The largest absolute Gasteiger partial charge is 0.324 e. The Morgan fingerprint density at radius 3 is 2.47 bits per heavy atom. The van der Waals surface area contributed by atoms with Crippen molar-refractivity contribution in [2.24, 2.45) is 0 Å². The topological polar surface area (TPSA) is 49.4 Å². The van der Waals surface area contributed by atoms with E-state index in [-0.39, 0.29) is 24.5 Å². The molecule has 15 heavy (non-hydrogen) atoms. The first-order valence-electron chi connectivity index (χ1n) is 5.79. The second-order valence-corrected chi connectivity index (χ2v) is 4.07. The molecule has 0 aromatic heterocycles.